The van der Waals surface area contributed by atoms with Crippen LogP contribution < -0.4 is 4.89 Å². The van der Waals surface area contributed by atoms with Crippen molar-refractivity contribution in [2.45, 2.75) is 84.0 Å². The first-order chi connectivity index (χ1) is 13.6. The van der Waals surface area contributed by atoms with Crippen LogP contribution in [0.15, 0.2) is 0 Å². The van der Waals surface area contributed by atoms with Crippen molar-refractivity contribution >= 4 is 7.82 Å². The molecule has 1 atom stereocenters. The van der Waals surface area contributed by atoms with Crippen molar-refractivity contribution < 1.29 is 33.1 Å². The number of phosphoric acid groups is 1. The zero-order valence-electron chi connectivity index (χ0n) is 17.8. The second-order valence-corrected chi connectivity index (χ2v) is 8.22. The molecule has 0 aromatic carbocycles. The molecule has 170 valence electrons. The Bertz CT molecular complexity index is 349. The third-order valence-electron chi connectivity index (χ3n) is 4.37. The second kappa shape index (κ2) is 21.7. The molecule has 0 aromatic rings. The van der Waals surface area contributed by atoms with Crippen LogP contribution in [0, 0.1) is 0 Å². The maximum absolute atomic E-state index is 10.3. The lowest BCUT2D eigenvalue weighted by atomic mass is 10.1. The quantitative estimate of drug-likeness (QED) is 0.193. The first-order valence-corrected chi connectivity index (χ1v) is 12.5. The van der Waals surface area contributed by atoms with Crippen molar-refractivity contribution in [1.29, 1.82) is 0 Å². The van der Waals surface area contributed by atoms with Gasteiger partial charge in [-0.2, -0.15) is 0 Å². The highest BCUT2D eigenvalue weighted by Gasteiger charge is 2.00. The van der Waals surface area contributed by atoms with Gasteiger partial charge in [-0.25, -0.2) is 0 Å². The van der Waals surface area contributed by atoms with Crippen LogP contribution in [0.5, 0.6) is 0 Å². The Hall–Kier alpha value is -0.0100. The maximum atomic E-state index is 10.3. The summed E-state index contributed by atoms with van der Waals surface area (Å²) in [5, 5.41) is 0. The zero-order chi connectivity index (χ0) is 20.8. The fraction of sp³-hybridized carbons (Fsp3) is 1.00. The molecule has 0 aromatic heterocycles. The Labute approximate surface area is 171 Å². The number of rotatable bonds is 23. The van der Waals surface area contributed by atoms with Crippen LogP contribution in [0.2, 0.25) is 0 Å². The van der Waals surface area contributed by atoms with Gasteiger partial charge in [0.1, 0.15) is 0 Å². The number of unbranched alkanes of at least 4 members (excludes halogenated alkanes) is 11. The zero-order valence-corrected chi connectivity index (χ0v) is 18.7. The summed E-state index contributed by atoms with van der Waals surface area (Å²) in [6.07, 6.45) is 16.1. The van der Waals surface area contributed by atoms with E-state index in [1.807, 2.05) is 0 Å². The minimum atomic E-state index is -4.64. The molecule has 0 rings (SSSR count). The van der Waals surface area contributed by atoms with Crippen LogP contribution in [0.1, 0.15) is 84.0 Å². The Balaban J connectivity index is 3.02. The average Bonchev–Trinajstić information content (AvgIpc) is 2.65. The molecule has 0 fully saturated rings. The second-order valence-electron chi connectivity index (χ2n) is 7.03. The summed E-state index contributed by atoms with van der Waals surface area (Å²) >= 11 is 0. The lowest BCUT2D eigenvalue weighted by molar-refractivity contribution is -0.220. The number of ether oxygens (including phenoxy) is 3. The highest BCUT2D eigenvalue weighted by Crippen LogP contribution is 2.29. The maximum Gasteiger partial charge on any atom is 0.265 e. The van der Waals surface area contributed by atoms with Gasteiger partial charge in [0.15, 0.2) is 0 Å². The summed E-state index contributed by atoms with van der Waals surface area (Å²) in [5.74, 6) is 0. The summed E-state index contributed by atoms with van der Waals surface area (Å²) in [5.41, 5.74) is 0. The standard InChI is InChI=1S/C20H43O7P/c1-2-3-4-5-6-7-8-9-10-11-12-13-14-24-15-16-25-17-18-26-19-20-27-28(21,22)23/h2-20H2,1H3,(H2,21,22,23)/p-1. The number of phosphoric ester groups is 1. The van der Waals surface area contributed by atoms with E-state index < -0.39 is 7.82 Å². The minimum Gasteiger partial charge on any atom is -0.756 e. The molecule has 0 aliphatic heterocycles. The van der Waals surface area contributed by atoms with Crippen molar-refractivity contribution in [2.24, 2.45) is 0 Å². The van der Waals surface area contributed by atoms with Crippen LogP contribution in [0.3, 0.4) is 0 Å². The smallest absolute Gasteiger partial charge is 0.265 e. The third kappa shape index (κ3) is 26.0. The molecule has 7 nitrogen and oxygen atoms in total. The highest BCUT2D eigenvalue weighted by molar-refractivity contribution is 7.44. The van der Waals surface area contributed by atoms with E-state index in [-0.39, 0.29) is 13.2 Å². The van der Waals surface area contributed by atoms with Crippen LogP contribution >= 0.6 is 7.82 Å². The number of hydrogen-bond acceptors (Lipinski definition) is 6. The predicted molar refractivity (Wildman–Crippen MR) is 109 cm³/mol. The summed E-state index contributed by atoms with van der Waals surface area (Å²) in [6, 6.07) is 0. The van der Waals surface area contributed by atoms with Gasteiger partial charge in [-0.3, -0.25) is 4.57 Å². The molecule has 1 N–H and O–H groups in total. The Kier molecular flexibility index (Phi) is 21.7. The fourth-order valence-electron chi connectivity index (χ4n) is 2.80. The largest absolute Gasteiger partial charge is 0.756 e. The summed E-state index contributed by atoms with van der Waals surface area (Å²) in [7, 11) is -4.64. The van der Waals surface area contributed by atoms with Crippen LogP contribution in [0.25, 0.3) is 0 Å². The van der Waals surface area contributed by atoms with Crippen molar-refractivity contribution in [3.63, 3.8) is 0 Å². The molecule has 0 radical (unpaired) electrons. The first-order valence-electron chi connectivity index (χ1n) is 11.0. The average molecular weight is 426 g/mol. The Morgan fingerprint density at radius 1 is 0.607 bits per heavy atom. The van der Waals surface area contributed by atoms with Gasteiger partial charge in [0.2, 0.25) is 0 Å². The van der Waals surface area contributed by atoms with E-state index in [9.17, 15) is 9.46 Å². The van der Waals surface area contributed by atoms with Gasteiger partial charge in [0.05, 0.1) is 39.6 Å². The first kappa shape index (κ1) is 28.0. The van der Waals surface area contributed by atoms with E-state index in [1.54, 1.807) is 0 Å². The van der Waals surface area contributed by atoms with E-state index in [0.29, 0.717) is 26.4 Å². The lowest BCUT2D eigenvalue weighted by Crippen LogP contribution is -2.13. The molecule has 0 saturated heterocycles. The van der Waals surface area contributed by atoms with Crippen molar-refractivity contribution in [1.82, 2.24) is 0 Å². The SMILES string of the molecule is CCCCCCCCCCCCCCOCCOCCOCCOP(=O)([O-])O. The van der Waals surface area contributed by atoms with Crippen molar-refractivity contribution in [2.75, 3.05) is 46.2 Å². The molecule has 0 spiro atoms. The molecular weight excluding hydrogens is 383 g/mol. The molecule has 0 heterocycles. The Morgan fingerprint density at radius 2 is 0.964 bits per heavy atom. The van der Waals surface area contributed by atoms with Gasteiger partial charge < -0.3 is 28.5 Å². The monoisotopic (exact) mass is 425 g/mol. The van der Waals surface area contributed by atoms with Gasteiger partial charge in [-0.15, -0.1) is 0 Å². The topological polar surface area (TPSA) is 97.3 Å². The van der Waals surface area contributed by atoms with Crippen molar-refractivity contribution in [3.05, 3.63) is 0 Å². The fourth-order valence-corrected chi connectivity index (χ4v) is 3.10. The summed E-state index contributed by atoms with van der Waals surface area (Å²) < 4.78 is 30.4. The molecule has 28 heavy (non-hydrogen) atoms. The normalized spacial score (nSPS) is 13.7. The summed E-state index contributed by atoms with van der Waals surface area (Å²) in [6.45, 7) is 4.79. The van der Waals surface area contributed by atoms with E-state index in [2.05, 4.69) is 11.4 Å². The Morgan fingerprint density at radius 3 is 1.39 bits per heavy atom. The third-order valence-corrected chi connectivity index (χ3v) is 4.88. The molecule has 0 saturated carbocycles. The van der Waals surface area contributed by atoms with E-state index in [0.717, 1.165) is 13.0 Å². The summed E-state index contributed by atoms with van der Waals surface area (Å²) in [4.78, 5) is 18.7. The van der Waals surface area contributed by atoms with Gasteiger partial charge in [-0.1, -0.05) is 77.6 Å². The van der Waals surface area contributed by atoms with Crippen LogP contribution in [0.4, 0.5) is 0 Å². The van der Waals surface area contributed by atoms with Crippen molar-refractivity contribution in [3.8, 4) is 0 Å². The lowest BCUT2D eigenvalue weighted by Gasteiger charge is -2.15. The molecule has 1 unspecified atom stereocenters. The predicted octanol–water partition coefficient (Wildman–Crippen LogP) is 4.21. The van der Waals surface area contributed by atoms with E-state index in [1.165, 1.54) is 70.6 Å². The van der Waals surface area contributed by atoms with Crippen LogP contribution in [-0.4, -0.2) is 51.1 Å². The van der Waals surface area contributed by atoms with Gasteiger partial charge in [0.25, 0.3) is 7.82 Å². The van der Waals surface area contributed by atoms with Crippen LogP contribution in [-0.2, 0) is 23.3 Å². The highest BCUT2D eigenvalue weighted by atomic mass is 31.2. The minimum absolute atomic E-state index is 0.0889. The molecule has 8 heteroatoms. The van der Waals surface area contributed by atoms with Gasteiger partial charge in [0, 0.05) is 6.61 Å². The number of hydrogen-bond donors (Lipinski definition) is 1. The molecule has 0 aliphatic carbocycles. The molecule has 0 bridgehead atoms. The molecular formula is C20H42O7P-. The molecule has 0 amide bonds. The van der Waals surface area contributed by atoms with Gasteiger partial charge >= 0.3 is 0 Å². The van der Waals surface area contributed by atoms with Gasteiger partial charge in [-0.05, 0) is 6.42 Å². The van der Waals surface area contributed by atoms with E-state index >= 15 is 0 Å². The molecule has 0 aliphatic rings. The van der Waals surface area contributed by atoms with E-state index in [4.69, 9.17) is 19.1 Å².